The number of guanidine groups is 1. The van der Waals surface area contributed by atoms with Gasteiger partial charge >= 0.3 is 5.97 Å². The van der Waals surface area contributed by atoms with Gasteiger partial charge in [-0.2, -0.15) is 5.10 Å². The molecule has 1 aliphatic heterocycles. The van der Waals surface area contributed by atoms with Crippen LogP contribution in [0.3, 0.4) is 0 Å². The number of rotatable bonds is 6. The lowest BCUT2D eigenvalue weighted by atomic mass is 9.91. The van der Waals surface area contributed by atoms with Gasteiger partial charge in [0.1, 0.15) is 0 Å². The molecule has 1 heterocycles. The Hall–Kier alpha value is -3.68. The Labute approximate surface area is 225 Å². The summed E-state index contributed by atoms with van der Waals surface area (Å²) in [5, 5.41) is 10.6. The molecule has 0 spiro atoms. The summed E-state index contributed by atoms with van der Waals surface area (Å²) in [5.74, 6) is -1.10. The fraction of sp³-hybridized carbons (Fsp3) is 0.214. The minimum atomic E-state index is -0.500. The number of nitrogens with zero attached hydrogens (tertiary/aromatic N) is 3. The molecule has 0 saturated carbocycles. The average molecular weight is 537 g/mol. The van der Waals surface area contributed by atoms with Gasteiger partial charge in [0.15, 0.2) is 0 Å². The summed E-state index contributed by atoms with van der Waals surface area (Å²) >= 11 is 12.1. The zero-order chi connectivity index (χ0) is 26.4. The van der Waals surface area contributed by atoms with E-state index < -0.39 is 5.92 Å². The van der Waals surface area contributed by atoms with Crippen LogP contribution in [0, 0.1) is 5.92 Å². The smallest absolute Gasteiger partial charge is 0.310 e. The third-order valence-electron chi connectivity index (χ3n) is 5.95. The zero-order valence-corrected chi connectivity index (χ0v) is 21.9. The quantitative estimate of drug-likeness (QED) is 0.260. The van der Waals surface area contributed by atoms with Gasteiger partial charge < -0.3 is 4.74 Å². The fourth-order valence-corrected chi connectivity index (χ4v) is 4.17. The van der Waals surface area contributed by atoms with E-state index in [1.54, 1.807) is 36.2 Å². The van der Waals surface area contributed by atoms with Crippen molar-refractivity contribution in [2.24, 2.45) is 16.0 Å². The van der Waals surface area contributed by atoms with Crippen LogP contribution in [0.1, 0.15) is 34.3 Å². The Kier molecular flexibility index (Phi) is 8.58. The largest absolute Gasteiger partial charge is 0.469 e. The van der Waals surface area contributed by atoms with Crippen LogP contribution < -0.4 is 5.32 Å². The zero-order valence-electron chi connectivity index (χ0n) is 20.4. The number of hydrazone groups is 1. The van der Waals surface area contributed by atoms with Crippen LogP contribution in [0.4, 0.5) is 0 Å². The van der Waals surface area contributed by atoms with E-state index in [9.17, 15) is 9.59 Å². The van der Waals surface area contributed by atoms with Gasteiger partial charge in [0.05, 0.1) is 31.8 Å². The highest BCUT2D eigenvalue weighted by Crippen LogP contribution is 2.29. The number of amides is 1. The highest BCUT2D eigenvalue weighted by Gasteiger charge is 2.32. The number of ether oxygens (including phenoxy) is 1. The van der Waals surface area contributed by atoms with Gasteiger partial charge in [-0.15, -0.1) is 0 Å². The topological polar surface area (TPSA) is 83.4 Å². The van der Waals surface area contributed by atoms with Crippen molar-refractivity contribution in [3.05, 3.63) is 106 Å². The van der Waals surface area contributed by atoms with Crippen molar-refractivity contribution in [1.82, 2.24) is 10.3 Å². The minimum absolute atomic E-state index is 0.0851. The number of esters is 1. The van der Waals surface area contributed by atoms with E-state index in [4.69, 9.17) is 33.0 Å². The van der Waals surface area contributed by atoms with Gasteiger partial charge in [-0.1, -0.05) is 72.6 Å². The van der Waals surface area contributed by atoms with Crippen LogP contribution in [-0.4, -0.2) is 48.8 Å². The van der Waals surface area contributed by atoms with Crippen molar-refractivity contribution in [3.8, 4) is 0 Å². The van der Waals surface area contributed by atoms with Crippen molar-refractivity contribution < 1.29 is 14.3 Å². The van der Waals surface area contributed by atoms with E-state index >= 15 is 0 Å². The molecule has 0 aliphatic carbocycles. The van der Waals surface area contributed by atoms with E-state index in [-0.39, 0.29) is 30.3 Å². The van der Waals surface area contributed by atoms with Crippen molar-refractivity contribution in [3.63, 3.8) is 0 Å². The molecule has 1 aliphatic rings. The lowest BCUT2D eigenvalue weighted by Gasteiger charge is -2.20. The monoisotopic (exact) mass is 536 g/mol. The first-order chi connectivity index (χ1) is 17.9. The Bertz CT molecular complexity index is 1310. The third-order valence-corrected chi connectivity index (χ3v) is 6.45. The predicted molar refractivity (Wildman–Crippen MR) is 146 cm³/mol. The summed E-state index contributed by atoms with van der Waals surface area (Å²) in [5.41, 5.74) is 3.22. The molecule has 4 rings (SSSR count). The van der Waals surface area contributed by atoms with E-state index in [1.807, 2.05) is 54.6 Å². The van der Waals surface area contributed by atoms with Gasteiger partial charge in [-0.25, -0.2) is 5.01 Å². The summed E-state index contributed by atoms with van der Waals surface area (Å²) < 4.78 is 4.83. The van der Waals surface area contributed by atoms with Crippen LogP contribution >= 0.6 is 23.2 Å². The summed E-state index contributed by atoms with van der Waals surface area (Å²) in [7, 11) is 1.33. The number of nitrogens with one attached hydrogen (secondary N) is 1. The van der Waals surface area contributed by atoms with Gasteiger partial charge in [0, 0.05) is 21.5 Å². The molecule has 0 aromatic heterocycles. The first-order valence-corrected chi connectivity index (χ1v) is 12.5. The molecular weight excluding hydrogens is 511 g/mol. The molecule has 37 heavy (non-hydrogen) atoms. The first-order valence-electron chi connectivity index (χ1n) is 11.7. The molecule has 0 radical (unpaired) electrons. The number of methoxy groups -OCH3 is 1. The SMILES string of the molecule is COC(=O)C(C)CN=C(NC(=O)c1ccc(Cl)cc1)N1CC(c2ccccc2)C(c2ccc(Cl)cc2)=N1. The van der Waals surface area contributed by atoms with Crippen molar-refractivity contribution >= 4 is 46.7 Å². The molecule has 0 bridgehead atoms. The molecule has 3 aromatic rings. The number of hydrogen-bond acceptors (Lipinski definition) is 5. The molecular formula is C28H26Cl2N4O3. The molecule has 0 saturated heterocycles. The molecule has 3 aromatic carbocycles. The van der Waals surface area contributed by atoms with Gasteiger partial charge in [0.2, 0.25) is 5.96 Å². The van der Waals surface area contributed by atoms with E-state index in [0.29, 0.717) is 22.2 Å². The standard InChI is InChI=1S/C28H26Cl2N4O3/c1-18(27(36)37-2)16-31-28(32-26(35)21-10-14-23(30)15-11-21)34-17-24(19-6-4-3-5-7-19)25(33-34)20-8-12-22(29)13-9-20/h3-15,18,24H,16-17H2,1-2H3,(H,31,32,35). The summed E-state index contributed by atoms with van der Waals surface area (Å²) in [6, 6.07) is 24.0. The first kappa shape index (κ1) is 26.4. The number of benzene rings is 3. The second kappa shape index (κ2) is 12.0. The maximum atomic E-state index is 13.1. The molecule has 190 valence electrons. The lowest BCUT2D eigenvalue weighted by molar-refractivity contribution is -0.144. The minimum Gasteiger partial charge on any atom is -0.469 e. The predicted octanol–water partition coefficient (Wildman–Crippen LogP) is 5.39. The number of carbonyl (C=O) groups excluding carboxylic acids is 2. The molecule has 7 nitrogen and oxygen atoms in total. The molecule has 1 N–H and O–H groups in total. The van der Waals surface area contributed by atoms with Crippen molar-refractivity contribution in [2.45, 2.75) is 12.8 Å². The lowest BCUT2D eigenvalue weighted by Crippen LogP contribution is -2.42. The Morgan fingerprint density at radius 3 is 2.27 bits per heavy atom. The highest BCUT2D eigenvalue weighted by molar-refractivity contribution is 6.31. The molecule has 0 fully saturated rings. The highest BCUT2D eigenvalue weighted by atomic mass is 35.5. The molecule has 1 amide bonds. The van der Waals surface area contributed by atoms with Gasteiger partial charge in [0.25, 0.3) is 5.91 Å². The number of halogens is 2. The average Bonchev–Trinajstić information content (AvgIpc) is 3.37. The maximum absolute atomic E-state index is 13.1. The number of aliphatic imine (C=N–C) groups is 1. The normalized spacial score (nSPS) is 16.2. The van der Waals surface area contributed by atoms with Gasteiger partial charge in [-0.05, 0) is 47.5 Å². The maximum Gasteiger partial charge on any atom is 0.310 e. The van der Waals surface area contributed by atoms with Crippen LogP contribution in [0.25, 0.3) is 0 Å². The van der Waals surface area contributed by atoms with Crippen molar-refractivity contribution in [1.29, 1.82) is 0 Å². The third kappa shape index (κ3) is 6.56. The Morgan fingerprint density at radius 1 is 1.03 bits per heavy atom. The summed E-state index contributed by atoms with van der Waals surface area (Å²) in [6.07, 6.45) is 0. The Morgan fingerprint density at radius 2 is 1.65 bits per heavy atom. The second-order valence-electron chi connectivity index (χ2n) is 8.59. The van der Waals surface area contributed by atoms with E-state index in [1.165, 1.54) is 7.11 Å². The summed E-state index contributed by atoms with van der Waals surface area (Å²) in [6.45, 7) is 2.27. The van der Waals surface area contributed by atoms with Crippen LogP contribution in [-0.2, 0) is 9.53 Å². The Balaban J connectivity index is 1.69. The number of hydrogen-bond donors (Lipinski definition) is 1. The van der Waals surface area contributed by atoms with Gasteiger partial charge in [-0.3, -0.25) is 19.9 Å². The van der Waals surface area contributed by atoms with E-state index in [2.05, 4.69) is 10.3 Å². The molecule has 2 atom stereocenters. The second-order valence-corrected chi connectivity index (χ2v) is 9.46. The molecule has 9 heteroatoms. The van der Waals surface area contributed by atoms with Crippen LogP contribution in [0.5, 0.6) is 0 Å². The van der Waals surface area contributed by atoms with Crippen molar-refractivity contribution in [2.75, 3.05) is 20.2 Å². The fourth-order valence-electron chi connectivity index (χ4n) is 3.92. The molecule has 2 unspecified atom stereocenters. The summed E-state index contributed by atoms with van der Waals surface area (Å²) in [4.78, 5) is 29.6. The van der Waals surface area contributed by atoms with Crippen LogP contribution in [0.2, 0.25) is 10.0 Å². The van der Waals surface area contributed by atoms with Crippen LogP contribution in [0.15, 0.2) is 89.0 Å². The van der Waals surface area contributed by atoms with E-state index in [0.717, 1.165) is 16.8 Å². The number of carbonyl (C=O) groups is 2.